The number of esters is 3. The molecule has 0 aliphatic heterocycles. The van der Waals surface area contributed by atoms with Crippen LogP contribution in [0.5, 0.6) is 0 Å². The van der Waals surface area contributed by atoms with Crippen LogP contribution in [-0.2, 0) is 28.6 Å². The van der Waals surface area contributed by atoms with Crippen LogP contribution in [0.2, 0.25) is 0 Å². The molecule has 0 saturated heterocycles. The Hall–Kier alpha value is -4.19. The van der Waals surface area contributed by atoms with Gasteiger partial charge >= 0.3 is 17.9 Å². The molecule has 0 fully saturated rings. The average molecular weight is 927 g/mol. The fraction of sp³-hybridized carbons (Fsp3) is 0.623. The zero-order valence-electron chi connectivity index (χ0n) is 43.1. The van der Waals surface area contributed by atoms with Gasteiger partial charge in [0.1, 0.15) is 13.2 Å². The minimum absolute atomic E-state index is 0.0954. The molecule has 0 radical (unpaired) electrons. The Bertz CT molecular complexity index is 1440. The molecule has 0 saturated carbocycles. The van der Waals surface area contributed by atoms with Crippen molar-refractivity contribution in [1.82, 2.24) is 0 Å². The molecular weight excluding hydrogens is 829 g/mol. The van der Waals surface area contributed by atoms with Crippen molar-refractivity contribution in [3.05, 3.63) is 122 Å². The van der Waals surface area contributed by atoms with E-state index in [-0.39, 0.29) is 31.1 Å². The molecule has 0 aromatic rings. The molecule has 0 aromatic carbocycles. The molecule has 0 aliphatic rings. The summed E-state index contributed by atoms with van der Waals surface area (Å²) >= 11 is 0. The molecule has 0 aliphatic carbocycles. The van der Waals surface area contributed by atoms with Crippen LogP contribution in [0.4, 0.5) is 0 Å². The second-order valence-corrected chi connectivity index (χ2v) is 17.4. The highest BCUT2D eigenvalue weighted by Crippen LogP contribution is 2.13. The molecule has 67 heavy (non-hydrogen) atoms. The Morgan fingerprint density at radius 2 is 0.582 bits per heavy atom. The van der Waals surface area contributed by atoms with E-state index in [0.29, 0.717) is 19.3 Å². The summed E-state index contributed by atoms with van der Waals surface area (Å²) in [4.78, 5) is 37.9. The summed E-state index contributed by atoms with van der Waals surface area (Å²) in [6, 6.07) is 0. The maximum atomic E-state index is 12.8. The van der Waals surface area contributed by atoms with Crippen molar-refractivity contribution in [2.75, 3.05) is 13.2 Å². The maximum absolute atomic E-state index is 12.8. The quantitative estimate of drug-likeness (QED) is 0.0262. The highest BCUT2D eigenvalue weighted by molar-refractivity contribution is 5.71. The van der Waals surface area contributed by atoms with Gasteiger partial charge in [0, 0.05) is 19.3 Å². The van der Waals surface area contributed by atoms with Gasteiger partial charge in [0.25, 0.3) is 0 Å². The predicted octanol–water partition coefficient (Wildman–Crippen LogP) is 18.1. The first kappa shape index (κ1) is 62.8. The third-order valence-corrected chi connectivity index (χ3v) is 11.0. The van der Waals surface area contributed by atoms with Crippen LogP contribution in [-0.4, -0.2) is 37.2 Å². The molecular formula is C61H98O6. The molecule has 0 heterocycles. The average Bonchev–Trinajstić information content (AvgIpc) is 3.33. The molecule has 0 aromatic heterocycles. The van der Waals surface area contributed by atoms with E-state index in [1.54, 1.807) is 0 Å². The van der Waals surface area contributed by atoms with Crippen molar-refractivity contribution in [2.45, 2.75) is 232 Å². The summed E-state index contributed by atoms with van der Waals surface area (Å²) in [5.74, 6) is -0.947. The molecule has 378 valence electrons. The van der Waals surface area contributed by atoms with Crippen LogP contribution in [0, 0.1) is 0 Å². The van der Waals surface area contributed by atoms with Crippen molar-refractivity contribution in [3.63, 3.8) is 0 Å². The number of allylic oxidation sites excluding steroid dienone is 20. The van der Waals surface area contributed by atoms with Gasteiger partial charge in [0.05, 0.1) is 0 Å². The Balaban J connectivity index is 4.31. The van der Waals surface area contributed by atoms with Gasteiger partial charge < -0.3 is 14.2 Å². The maximum Gasteiger partial charge on any atom is 0.306 e. The number of carbonyl (C=O) groups is 3. The lowest BCUT2D eigenvalue weighted by atomic mass is 10.1. The van der Waals surface area contributed by atoms with Crippen LogP contribution in [0.1, 0.15) is 226 Å². The molecule has 0 amide bonds. The topological polar surface area (TPSA) is 78.9 Å². The van der Waals surface area contributed by atoms with E-state index in [4.69, 9.17) is 14.2 Å². The van der Waals surface area contributed by atoms with Crippen molar-refractivity contribution in [2.24, 2.45) is 0 Å². The molecule has 0 spiro atoms. The summed E-state index contributed by atoms with van der Waals surface area (Å²) in [5.41, 5.74) is 0. The van der Waals surface area contributed by atoms with E-state index in [1.807, 2.05) is 0 Å². The smallest absolute Gasteiger partial charge is 0.306 e. The van der Waals surface area contributed by atoms with Gasteiger partial charge in [-0.15, -0.1) is 0 Å². The first-order valence-electron chi connectivity index (χ1n) is 27.0. The highest BCUT2D eigenvalue weighted by atomic mass is 16.6. The van der Waals surface area contributed by atoms with E-state index in [1.165, 1.54) is 38.5 Å². The third kappa shape index (κ3) is 52.6. The summed E-state index contributed by atoms with van der Waals surface area (Å²) in [5, 5.41) is 0. The van der Waals surface area contributed by atoms with Crippen molar-refractivity contribution < 1.29 is 28.6 Å². The van der Waals surface area contributed by atoms with Gasteiger partial charge in [0.15, 0.2) is 6.10 Å². The number of hydrogen-bond acceptors (Lipinski definition) is 6. The fourth-order valence-electron chi connectivity index (χ4n) is 6.96. The van der Waals surface area contributed by atoms with Crippen LogP contribution in [0.15, 0.2) is 122 Å². The third-order valence-electron chi connectivity index (χ3n) is 11.0. The molecule has 1 atom stereocenters. The zero-order chi connectivity index (χ0) is 48.6. The standard InChI is InChI=1S/C61H98O6/c1-4-7-10-13-16-18-20-22-24-26-27-28-29-30-31-32-33-35-36-38-40-42-45-48-51-54-60(63)66-57-58(56-65-59(62)53-50-47-44-15-12-9-6-3)67-61(64)55-52-49-46-43-41-39-37-34-25-23-21-19-17-14-11-8-5-2/h7-8,10-11,16-19,22-25,27-28,30-31,33,35,37,39,58H,4-6,9,12-15,20-21,26,29,32,34,36,38,40-57H2,1-3H3/b10-7-,11-8-,18-16-,19-17-,24-22-,25-23-,28-27-,31-30-,35-33-,39-37-. The molecule has 0 bridgehead atoms. The van der Waals surface area contributed by atoms with E-state index >= 15 is 0 Å². The minimum Gasteiger partial charge on any atom is -0.462 e. The van der Waals surface area contributed by atoms with E-state index < -0.39 is 6.10 Å². The van der Waals surface area contributed by atoms with Gasteiger partial charge in [0.2, 0.25) is 0 Å². The lowest BCUT2D eigenvalue weighted by molar-refractivity contribution is -0.167. The van der Waals surface area contributed by atoms with E-state index in [2.05, 4.69) is 142 Å². The SMILES string of the molecule is CC/C=C\C/C=C\C/C=C\C/C=C\C/C=C\C/C=C\CCCCCCCCC(=O)OCC(COC(=O)CCCCCCCCC)OC(=O)CCCCCC/C=C\C/C=C\C/C=C\C/C=C\CC. The van der Waals surface area contributed by atoms with Gasteiger partial charge in [-0.25, -0.2) is 0 Å². The Morgan fingerprint density at radius 1 is 0.313 bits per heavy atom. The van der Waals surface area contributed by atoms with E-state index in [0.717, 1.165) is 148 Å². The Labute approximate surface area is 412 Å². The van der Waals surface area contributed by atoms with Crippen LogP contribution in [0.25, 0.3) is 0 Å². The molecule has 0 N–H and O–H groups in total. The summed E-state index contributed by atoms with van der Waals surface area (Å²) in [6.45, 7) is 6.32. The van der Waals surface area contributed by atoms with Crippen LogP contribution >= 0.6 is 0 Å². The molecule has 1 unspecified atom stereocenters. The molecule has 6 nitrogen and oxygen atoms in total. The predicted molar refractivity (Wildman–Crippen MR) is 288 cm³/mol. The van der Waals surface area contributed by atoms with Crippen molar-refractivity contribution in [1.29, 1.82) is 0 Å². The number of rotatable bonds is 47. The van der Waals surface area contributed by atoms with Gasteiger partial charge in [-0.2, -0.15) is 0 Å². The first-order valence-corrected chi connectivity index (χ1v) is 27.0. The summed E-state index contributed by atoms with van der Waals surface area (Å²) < 4.78 is 16.7. The summed E-state index contributed by atoms with van der Waals surface area (Å²) in [6.07, 6.45) is 74.9. The zero-order valence-corrected chi connectivity index (χ0v) is 43.1. The van der Waals surface area contributed by atoms with Gasteiger partial charge in [-0.3, -0.25) is 14.4 Å². The number of unbranched alkanes of at least 4 members (excludes halogenated alkanes) is 16. The molecule has 0 rings (SSSR count). The second kappa shape index (κ2) is 54.4. The lowest BCUT2D eigenvalue weighted by Gasteiger charge is -2.18. The van der Waals surface area contributed by atoms with E-state index in [9.17, 15) is 14.4 Å². The lowest BCUT2D eigenvalue weighted by Crippen LogP contribution is -2.30. The largest absolute Gasteiger partial charge is 0.462 e. The Morgan fingerprint density at radius 3 is 0.910 bits per heavy atom. The van der Waals surface area contributed by atoms with Gasteiger partial charge in [-0.1, -0.05) is 219 Å². The Kier molecular flexibility index (Phi) is 51.0. The van der Waals surface area contributed by atoms with Crippen molar-refractivity contribution in [3.8, 4) is 0 Å². The molecule has 6 heteroatoms. The van der Waals surface area contributed by atoms with Gasteiger partial charge in [-0.05, 0) is 109 Å². The number of hydrogen-bond donors (Lipinski definition) is 0. The number of ether oxygens (including phenoxy) is 3. The minimum atomic E-state index is -0.797. The summed E-state index contributed by atoms with van der Waals surface area (Å²) in [7, 11) is 0. The van der Waals surface area contributed by atoms with Crippen LogP contribution < -0.4 is 0 Å². The normalized spacial score (nSPS) is 13.1. The highest BCUT2D eigenvalue weighted by Gasteiger charge is 2.19. The first-order chi connectivity index (χ1) is 33.0. The number of carbonyl (C=O) groups excluding carboxylic acids is 3. The van der Waals surface area contributed by atoms with Crippen molar-refractivity contribution >= 4 is 17.9 Å². The fourth-order valence-corrected chi connectivity index (χ4v) is 6.96. The second-order valence-electron chi connectivity index (χ2n) is 17.4. The monoisotopic (exact) mass is 927 g/mol. The van der Waals surface area contributed by atoms with Crippen LogP contribution in [0.3, 0.4) is 0 Å².